The zero-order valence-electron chi connectivity index (χ0n) is 14.5. The Morgan fingerprint density at radius 1 is 1.12 bits per heavy atom. The molecule has 0 aliphatic heterocycles. The minimum atomic E-state index is -3.67. The molecule has 0 saturated heterocycles. The largest absolute Gasteiger partial charge is 0.240 e. The summed E-state index contributed by atoms with van der Waals surface area (Å²) in [6, 6.07) is 13.6. The van der Waals surface area contributed by atoms with Crippen LogP contribution < -0.4 is 4.72 Å². The third-order valence-corrected chi connectivity index (χ3v) is 5.76. The van der Waals surface area contributed by atoms with Crippen LogP contribution in [0.2, 0.25) is 0 Å². The summed E-state index contributed by atoms with van der Waals surface area (Å²) in [5, 5.41) is 0. The van der Waals surface area contributed by atoms with E-state index in [0.717, 1.165) is 5.56 Å². The number of sulfonamides is 1. The Balaban J connectivity index is 2.13. The summed E-state index contributed by atoms with van der Waals surface area (Å²) in [5.41, 5.74) is 1.31. The number of halogens is 1. The van der Waals surface area contributed by atoms with Crippen LogP contribution >= 0.6 is 0 Å². The minimum absolute atomic E-state index is 0.0887. The molecule has 0 amide bonds. The molecule has 0 aromatic heterocycles. The highest BCUT2D eigenvalue weighted by Gasteiger charge is 2.26. The molecule has 2 aromatic rings. The summed E-state index contributed by atoms with van der Waals surface area (Å²) in [7, 11) is -3.67. The van der Waals surface area contributed by atoms with Gasteiger partial charge in [0.1, 0.15) is 5.82 Å². The molecule has 0 aliphatic carbocycles. The van der Waals surface area contributed by atoms with E-state index in [4.69, 9.17) is 0 Å². The highest BCUT2D eigenvalue weighted by Crippen LogP contribution is 2.28. The number of aryl methyl sites for hydroxylation is 1. The van der Waals surface area contributed by atoms with Gasteiger partial charge in [-0.05, 0) is 55.0 Å². The van der Waals surface area contributed by atoms with E-state index in [2.05, 4.69) is 18.6 Å². The Morgan fingerprint density at radius 2 is 1.75 bits per heavy atom. The Labute approximate surface area is 144 Å². The van der Waals surface area contributed by atoms with Crippen molar-refractivity contribution in [2.75, 3.05) is 0 Å². The van der Waals surface area contributed by atoms with Gasteiger partial charge in [-0.15, -0.1) is 0 Å². The Kier molecular flexibility index (Phi) is 5.45. The maximum absolute atomic E-state index is 13.3. The average Bonchev–Trinajstić information content (AvgIpc) is 2.49. The van der Waals surface area contributed by atoms with Crippen LogP contribution in [-0.2, 0) is 15.4 Å². The fourth-order valence-electron chi connectivity index (χ4n) is 2.93. The van der Waals surface area contributed by atoms with Crippen LogP contribution in [0.3, 0.4) is 0 Å². The molecular formula is C19H24FNO2S. The highest BCUT2D eigenvalue weighted by molar-refractivity contribution is 7.89. The van der Waals surface area contributed by atoms with Crippen molar-refractivity contribution in [1.82, 2.24) is 4.72 Å². The molecule has 0 saturated carbocycles. The lowest BCUT2D eigenvalue weighted by Crippen LogP contribution is -2.37. The first-order chi connectivity index (χ1) is 11.1. The van der Waals surface area contributed by atoms with Crippen LogP contribution in [-0.4, -0.2) is 14.5 Å². The monoisotopic (exact) mass is 349 g/mol. The first-order valence-electron chi connectivity index (χ1n) is 7.96. The SMILES string of the molecule is Cc1cc(S(=O)(=O)N[C@H](C)CC(C)(C)c2ccccc2)ccc1F. The van der Waals surface area contributed by atoms with E-state index in [0.29, 0.717) is 12.0 Å². The molecule has 1 N–H and O–H groups in total. The van der Waals surface area contributed by atoms with Gasteiger partial charge < -0.3 is 0 Å². The smallest absolute Gasteiger partial charge is 0.208 e. The Hall–Kier alpha value is -1.72. The van der Waals surface area contributed by atoms with E-state index in [9.17, 15) is 12.8 Å². The predicted octanol–water partition coefficient (Wildman–Crippen LogP) is 4.17. The quantitative estimate of drug-likeness (QED) is 0.851. The third-order valence-electron chi connectivity index (χ3n) is 4.17. The van der Waals surface area contributed by atoms with Crippen LogP contribution in [0.15, 0.2) is 53.4 Å². The summed E-state index contributed by atoms with van der Waals surface area (Å²) in [6.07, 6.45) is 0.649. The maximum atomic E-state index is 13.3. The van der Waals surface area contributed by atoms with E-state index in [1.807, 2.05) is 37.3 Å². The molecule has 0 spiro atoms. The summed E-state index contributed by atoms with van der Waals surface area (Å²) in [5.74, 6) is -0.410. The fraction of sp³-hybridized carbons (Fsp3) is 0.368. The number of hydrogen-bond donors (Lipinski definition) is 1. The molecule has 2 aromatic carbocycles. The van der Waals surface area contributed by atoms with Gasteiger partial charge in [0.25, 0.3) is 0 Å². The van der Waals surface area contributed by atoms with Crippen molar-refractivity contribution < 1.29 is 12.8 Å². The second-order valence-corrected chi connectivity index (χ2v) is 8.60. The van der Waals surface area contributed by atoms with Crippen molar-refractivity contribution in [2.45, 2.75) is 50.5 Å². The molecule has 1 atom stereocenters. The van der Waals surface area contributed by atoms with E-state index < -0.39 is 15.8 Å². The lowest BCUT2D eigenvalue weighted by atomic mass is 9.79. The van der Waals surface area contributed by atoms with Crippen molar-refractivity contribution in [2.24, 2.45) is 0 Å². The van der Waals surface area contributed by atoms with Crippen LogP contribution in [0, 0.1) is 12.7 Å². The molecule has 0 bridgehead atoms. The standard InChI is InChI=1S/C19H24FNO2S/c1-14-12-17(10-11-18(14)20)24(22,23)21-15(2)13-19(3,4)16-8-6-5-7-9-16/h5-12,15,21H,13H2,1-4H3/t15-/m1/s1. The van der Waals surface area contributed by atoms with Crippen LogP contribution in [0.1, 0.15) is 38.3 Å². The summed E-state index contributed by atoms with van der Waals surface area (Å²) >= 11 is 0. The van der Waals surface area contributed by atoms with Crippen molar-refractivity contribution in [3.05, 3.63) is 65.5 Å². The first-order valence-corrected chi connectivity index (χ1v) is 9.44. The zero-order chi connectivity index (χ0) is 18.0. The van der Waals surface area contributed by atoms with Crippen molar-refractivity contribution in [3.63, 3.8) is 0 Å². The van der Waals surface area contributed by atoms with E-state index in [1.54, 1.807) is 6.92 Å². The molecule has 0 heterocycles. The van der Waals surface area contributed by atoms with E-state index in [-0.39, 0.29) is 16.4 Å². The van der Waals surface area contributed by atoms with Crippen molar-refractivity contribution >= 4 is 10.0 Å². The van der Waals surface area contributed by atoms with Crippen LogP contribution in [0.4, 0.5) is 4.39 Å². The highest BCUT2D eigenvalue weighted by atomic mass is 32.2. The van der Waals surface area contributed by atoms with E-state index in [1.165, 1.54) is 18.2 Å². The van der Waals surface area contributed by atoms with Crippen molar-refractivity contribution in [1.29, 1.82) is 0 Å². The lowest BCUT2D eigenvalue weighted by Gasteiger charge is -2.29. The predicted molar refractivity (Wildman–Crippen MR) is 95.0 cm³/mol. The van der Waals surface area contributed by atoms with Gasteiger partial charge in [-0.1, -0.05) is 44.2 Å². The topological polar surface area (TPSA) is 46.2 Å². The Morgan fingerprint density at radius 3 is 2.33 bits per heavy atom. The summed E-state index contributed by atoms with van der Waals surface area (Å²) < 4.78 is 41.0. The van der Waals surface area contributed by atoms with Gasteiger partial charge in [-0.2, -0.15) is 0 Å². The van der Waals surface area contributed by atoms with Gasteiger partial charge >= 0.3 is 0 Å². The van der Waals surface area contributed by atoms with E-state index >= 15 is 0 Å². The summed E-state index contributed by atoms with van der Waals surface area (Å²) in [4.78, 5) is 0.0887. The molecule has 0 aliphatic rings. The van der Waals surface area contributed by atoms with Gasteiger partial charge in [-0.3, -0.25) is 0 Å². The number of benzene rings is 2. The molecule has 0 fully saturated rings. The molecule has 130 valence electrons. The second kappa shape index (κ2) is 7.03. The molecule has 2 rings (SSSR count). The molecular weight excluding hydrogens is 325 g/mol. The normalized spacial score (nSPS) is 13.7. The molecule has 0 unspecified atom stereocenters. The third kappa shape index (κ3) is 4.42. The van der Waals surface area contributed by atoms with Gasteiger partial charge in [0.15, 0.2) is 0 Å². The molecule has 0 radical (unpaired) electrons. The van der Waals surface area contributed by atoms with Crippen LogP contribution in [0.5, 0.6) is 0 Å². The summed E-state index contributed by atoms with van der Waals surface area (Å²) in [6.45, 7) is 7.58. The van der Waals surface area contributed by atoms with Crippen LogP contribution in [0.25, 0.3) is 0 Å². The zero-order valence-corrected chi connectivity index (χ0v) is 15.3. The van der Waals surface area contributed by atoms with Gasteiger partial charge in [0.05, 0.1) is 4.90 Å². The average molecular weight is 349 g/mol. The van der Waals surface area contributed by atoms with Gasteiger partial charge in [0, 0.05) is 6.04 Å². The molecule has 24 heavy (non-hydrogen) atoms. The number of hydrogen-bond acceptors (Lipinski definition) is 2. The molecule has 3 nitrogen and oxygen atoms in total. The lowest BCUT2D eigenvalue weighted by molar-refractivity contribution is 0.418. The molecule has 5 heteroatoms. The minimum Gasteiger partial charge on any atom is -0.208 e. The number of rotatable bonds is 6. The van der Waals surface area contributed by atoms with Gasteiger partial charge in [0.2, 0.25) is 10.0 Å². The maximum Gasteiger partial charge on any atom is 0.240 e. The van der Waals surface area contributed by atoms with Crippen molar-refractivity contribution in [3.8, 4) is 0 Å². The second-order valence-electron chi connectivity index (χ2n) is 6.89. The first kappa shape index (κ1) is 18.6. The number of nitrogens with one attached hydrogen (secondary N) is 1. The fourth-order valence-corrected chi connectivity index (χ4v) is 4.26. The Bertz CT molecular complexity index is 801. The van der Waals surface area contributed by atoms with Gasteiger partial charge in [-0.25, -0.2) is 17.5 Å².